The molecule has 0 saturated carbocycles. The number of hydrogen-bond donors (Lipinski definition) is 1. The van der Waals surface area contributed by atoms with Crippen LogP contribution >= 0.6 is 0 Å². The molecule has 2 rings (SSSR count). The Hall–Kier alpha value is -2.76. The van der Waals surface area contributed by atoms with Crippen molar-refractivity contribution in [3.63, 3.8) is 0 Å². The Morgan fingerprint density at radius 1 is 1.26 bits per heavy atom. The van der Waals surface area contributed by atoms with Gasteiger partial charge in [-0.1, -0.05) is 18.2 Å². The Bertz CT molecular complexity index is 644. The third-order valence-corrected chi connectivity index (χ3v) is 3.32. The molecule has 0 unspecified atom stereocenters. The summed E-state index contributed by atoms with van der Waals surface area (Å²) in [4.78, 5) is 17.7. The number of aryl methyl sites for hydroxylation is 1. The van der Waals surface area contributed by atoms with E-state index in [2.05, 4.69) is 10.3 Å². The highest BCUT2D eigenvalue weighted by Gasteiger charge is 2.09. The number of nitrogens with one attached hydrogen (secondary N) is 1. The van der Waals surface area contributed by atoms with Crippen LogP contribution in [0.3, 0.4) is 0 Å². The predicted molar refractivity (Wildman–Crippen MR) is 89.1 cm³/mol. The van der Waals surface area contributed by atoms with Crippen molar-refractivity contribution in [1.82, 2.24) is 9.88 Å². The van der Waals surface area contributed by atoms with Gasteiger partial charge in [0.2, 0.25) is 5.88 Å². The number of urea groups is 1. The van der Waals surface area contributed by atoms with Gasteiger partial charge in [-0.05, 0) is 24.6 Å². The van der Waals surface area contributed by atoms with Crippen LogP contribution in [0.25, 0.3) is 0 Å². The third kappa shape index (κ3) is 4.88. The van der Waals surface area contributed by atoms with E-state index < -0.39 is 0 Å². The van der Waals surface area contributed by atoms with E-state index in [9.17, 15) is 4.79 Å². The van der Waals surface area contributed by atoms with E-state index in [1.54, 1.807) is 37.4 Å². The molecule has 0 fully saturated rings. The number of ether oxygens (including phenoxy) is 2. The Morgan fingerprint density at radius 2 is 2.04 bits per heavy atom. The van der Waals surface area contributed by atoms with E-state index in [0.29, 0.717) is 24.7 Å². The number of hydrogen-bond acceptors (Lipinski definition) is 4. The lowest BCUT2D eigenvalue weighted by Crippen LogP contribution is -2.34. The molecule has 0 spiro atoms. The number of amides is 2. The van der Waals surface area contributed by atoms with Crippen molar-refractivity contribution in [3.8, 4) is 11.6 Å². The fourth-order valence-corrected chi connectivity index (χ4v) is 1.91. The van der Waals surface area contributed by atoms with Crippen LogP contribution in [0.5, 0.6) is 11.6 Å². The molecule has 2 aromatic rings. The second kappa shape index (κ2) is 8.03. The number of aromatic nitrogens is 1. The SMILES string of the molecule is COc1ccc(NC(=O)N(C)CCOc2ccccc2C)cn1. The van der Waals surface area contributed by atoms with Gasteiger partial charge in [0.15, 0.2) is 0 Å². The van der Waals surface area contributed by atoms with Crippen LogP contribution in [0.2, 0.25) is 0 Å². The molecule has 0 bridgehead atoms. The van der Waals surface area contributed by atoms with Crippen molar-refractivity contribution >= 4 is 11.7 Å². The van der Waals surface area contributed by atoms with Crippen LogP contribution in [0.4, 0.5) is 10.5 Å². The number of carbonyl (C=O) groups excluding carboxylic acids is 1. The number of pyridine rings is 1. The molecule has 0 aliphatic carbocycles. The molecule has 122 valence electrons. The molecule has 0 saturated heterocycles. The first kappa shape index (κ1) is 16.6. The van der Waals surface area contributed by atoms with Crippen LogP contribution in [-0.2, 0) is 0 Å². The average Bonchev–Trinajstić information content (AvgIpc) is 2.57. The number of benzene rings is 1. The van der Waals surface area contributed by atoms with Gasteiger partial charge in [0.05, 0.1) is 25.5 Å². The Labute approximate surface area is 136 Å². The number of methoxy groups -OCH3 is 1. The van der Waals surface area contributed by atoms with Crippen LogP contribution < -0.4 is 14.8 Å². The lowest BCUT2D eigenvalue weighted by molar-refractivity contribution is 0.207. The summed E-state index contributed by atoms with van der Waals surface area (Å²) in [6, 6.07) is 11.0. The summed E-state index contributed by atoms with van der Waals surface area (Å²) in [5.74, 6) is 1.34. The summed E-state index contributed by atoms with van der Waals surface area (Å²) in [6.07, 6.45) is 1.55. The summed E-state index contributed by atoms with van der Waals surface area (Å²) in [7, 11) is 3.26. The lowest BCUT2D eigenvalue weighted by Gasteiger charge is -2.18. The zero-order valence-electron chi connectivity index (χ0n) is 13.6. The third-order valence-electron chi connectivity index (χ3n) is 3.32. The second-order valence-electron chi connectivity index (χ2n) is 5.05. The topological polar surface area (TPSA) is 63.7 Å². The molecule has 2 amide bonds. The van der Waals surface area contributed by atoms with Gasteiger partial charge < -0.3 is 19.7 Å². The minimum absolute atomic E-state index is 0.217. The first-order valence-corrected chi connectivity index (χ1v) is 7.30. The second-order valence-corrected chi connectivity index (χ2v) is 5.05. The van der Waals surface area contributed by atoms with Gasteiger partial charge >= 0.3 is 6.03 Å². The van der Waals surface area contributed by atoms with Crippen molar-refractivity contribution in [2.24, 2.45) is 0 Å². The number of likely N-dealkylation sites (N-methyl/N-ethyl adjacent to an activating group) is 1. The van der Waals surface area contributed by atoms with Crippen molar-refractivity contribution in [1.29, 1.82) is 0 Å². The van der Waals surface area contributed by atoms with E-state index in [1.807, 2.05) is 31.2 Å². The van der Waals surface area contributed by atoms with E-state index in [4.69, 9.17) is 9.47 Å². The van der Waals surface area contributed by atoms with E-state index in [0.717, 1.165) is 11.3 Å². The van der Waals surface area contributed by atoms with Gasteiger partial charge in [-0.3, -0.25) is 0 Å². The fourth-order valence-electron chi connectivity index (χ4n) is 1.91. The smallest absolute Gasteiger partial charge is 0.321 e. The van der Waals surface area contributed by atoms with E-state index >= 15 is 0 Å². The van der Waals surface area contributed by atoms with E-state index in [1.165, 1.54) is 0 Å². The summed E-state index contributed by atoms with van der Waals surface area (Å²) in [6.45, 7) is 2.89. The van der Waals surface area contributed by atoms with Gasteiger partial charge in [-0.25, -0.2) is 9.78 Å². The number of rotatable bonds is 6. The summed E-state index contributed by atoms with van der Waals surface area (Å²) >= 11 is 0. The normalized spacial score (nSPS) is 10.0. The van der Waals surface area contributed by atoms with Gasteiger partial charge in [-0.15, -0.1) is 0 Å². The first-order chi connectivity index (χ1) is 11.1. The fraction of sp³-hybridized carbons (Fsp3) is 0.294. The minimum atomic E-state index is -0.217. The zero-order chi connectivity index (χ0) is 16.7. The van der Waals surface area contributed by atoms with Gasteiger partial charge in [-0.2, -0.15) is 0 Å². The Balaban J connectivity index is 1.79. The molecule has 1 aromatic carbocycles. The largest absolute Gasteiger partial charge is 0.491 e. The highest BCUT2D eigenvalue weighted by atomic mass is 16.5. The Morgan fingerprint density at radius 3 is 2.70 bits per heavy atom. The van der Waals surface area contributed by atoms with Crippen molar-refractivity contribution in [2.75, 3.05) is 32.6 Å². The maximum Gasteiger partial charge on any atom is 0.321 e. The van der Waals surface area contributed by atoms with Crippen molar-refractivity contribution in [2.45, 2.75) is 6.92 Å². The quantitative estimate of drug-likeness (QED) is 0.890. The summed E-state index contributed by atoms with van der Waals surface area (Å²) in [5, 5.41) is 2.77. The molecule has 1 aromatic heterocycles. The molecular weight excluding hydrogens is 294 g/mol. The number of nitrogens with zero attached hydrogens (tertiary/aromatic N) is 2. The van der Waals surface area contributed by atoms with Crippen LogP contribution in [0, 0.1) is 6.92 Å². The standard InChI is InChI=1S/C17H21N3O3/c1-13-6-4-5-7-15(13)23-11-10-20(2)17(21)19-14-8-9-16(22-3)18-12-14/h4-9,12H,10-11H2,1-3H3,(H,19,21). The maximum atomic E-state index is 12.1. The molecule has 1 N–H and O–H groups in total. The number of para-hydroxylation sites is 1. The molecule has 0 aliphatic rings. The monoisotopic (exact) mass is 315 g/mol. The Kier molecular flexibility index (Phi) is 5.80. The molecule has 0 atom stereocenters. The average molecular weight is 315 g/mol. The van der Waals surface area contributed by atoms with Crippen molar-refractivity contribution < 1.29 is 14.3 Å². The van der Waals surface area contributed by atoms with Gasteiger partial charge in [0.25, 0.3) is 0 Å². The minimum Gasteiger partial charge on any atom is -0.491 e. The summed E-state index contributed by atoms with van der Waals surface area (Å²) in [5.41, 5.74) is 1.69. The zero-order valence-corrected chi connectivity index (χ0v) is 13.6. The first-order valence-electron chi connectivity index (χ1n) is 7.30. The van der Waals surface area contributed by atoms with Crippen LogP contribution in [-0.4, -0.2) is 43.2 Å². The molecule has 6 nitrogen and oxygen atoms in total. The highest BCUT2D eigenvalue weighted by Crippen LogP contribution is 2.16. The molecule has 0 radical (unpaired) electrons. The molecule has 23 heavy (non-hydrogen) atoms. The number of anilines is 1. The van der Waals surface area contributed by atoms with Gasteiger partial charge in [0, 0.05) is 13.1 Å². The van der Waals surface area contributed by atoms with Crippen molar-refractivity contribution in [3.05, 3.63) is 48.2 Å². The molecule has 1 heterocycles. The van der Waals surface area contributed by atoms with Gasteiger partial charge in [0.1, 0.15) is 12.4 Å². The molecule has 6 heteroatoms. The molecule has 0 aliphatic heterocycles. The number of carbonyl (C=O) groups is 1. The lowest BCUT2D eigenvalue weighted by atomic mass is 10.2. The highest BCUT2D eigenvalue weighted by molar-refractivity contribution is 5.88. The van der Waals surface area contributed by atoms with E-state index in [-0.39, 0.29) is 6.03 Å². The van der Waals surface area contributed by atoms with Crippen LogP contribution in [0.15, 0.2) is 42.6 Å². The predicted octanol–water partition coefficient (Wildman–Crippen LogP) is 2.94. The van der Waals surface area contributed by atoms with Crippen LogP contribution in [0.1, 0.15) is 5.56 Å². The maximum absolute atomic E-state index is 12.1. The molecular formula is C17H21N3O3. The summed E-state index contributed by atoms with van der Waals surface area (Å²) < 4.78 is 10.7.